The summed E-state index contributed by atoms with van der Waals surface area (Å²) in [6.07, 6.45) is 2.30. The summed E-state index contributed by atoms with van der Waals surface area (Å²) in [5, 5.41) is 0. The number of carbonyl (C=O) groups is 1. The van der Waals surface area contributed by atoms with Crippen LogP contribution in [0.4, 0.5) is 4.79 Å². The summed E-state index contributed by atoms with van der Waals surface area (Å²) in [4.78, 5) is 18.0. The highest BCUT2D eigenvalue weighted by molar-refractivity contribution is 5.68. The van der Waals surface area contributed by atoms with Gasteiger partial charge in [0.05, 0.1) is 6.54 Å². The number of amides is 1. The first kappa shape index (κ1) is 15.6. The van der Waals surface area contributed by atoms with Gasteiger partial charge < -0.3 is 14.4 Å². The molecule has 0 aromatic carbocycles. The van der Waals surface area contributed by atoms with E-state index >= 15 is 0 Å². The molecule has 0 saturated carbocycles. The van der Waals surface area contributed by atoms with Crippen LogP contribution in [0.1, 0.15) is 38.3 Å². The molecule has 1 aromatic heterocycles. The van der Waals surface area contributed by atoms with Gasteiger partial charge in [0.25, 0.3) is 0 Å². The molecular formula is C16H24N2O3. The van der Waals surface area contributed by atoms with Crippen LogP contribution in [0.3, 0.4) is 0 Å². The Morgan fingerprint density at radius 1 is 1.38 bits per heavy atom. The maximum Gasteiger partial charge on any atom is 0.410 e. The lowest BCUT2D eigenvalue weighted by atomic mass is 10.2. The van der Waals surface area contributed by atoms with E-state index in [0.29, 0.717) is 19.0 Å². The van der Waals surface area contributed by atoms with Crippen LogP contribution in [-0.4, -0.2) is 40.8 Å². The van der Waals surface area contributed by atoms with E-state index in [9.17, 15) is 4.79 Å². The number of rotatable bonds is 2. The topological polar surface area (TPSA) is 51.7 Å². The first-order valence-corrected chi connectivity index (χ1v) is 7.32. The highest BCUT2D eigenvalue weighted by atomic mass is 16.6. The van der Waals surface area contributed by atoms with Crippen molar-refractivity contribution in [1.82, 2.24) is 9.88 Å². The summed E-state index contributed by atoms with van der Waals surface area (Å²) in [5.74, 6) is 0.650. The number of hydrogen-bond acceptors (Lipinski definition) is 4. The number of aryl methyl sites for hydroxylation is 2. The molecule has 1 aliphatic rings. The Balaban J connectivity index is 1.92. The fourth-order valence-electron chi connectivity index (χ4n) is 2.30. The van der Waals surface area contributed by atoms with E-state index < -0.39 is 5.60 Å². The van der Waals surface area contributed by atoms with Crippen LogP contribution >= 0.6 is 0 Å². The molecule has 1 unspecified atom stereocenters. The van der Waals surface area contributed by atoms with Crippen LogP contribution in [0.15, 0.2) is 12.3 Å². The Bertz CT molecular complexity index is 523. The van der Waals surface area contributed by atoms with Crippen molar-refractivity contribution in [1.29, 1.82) is 0 Å². The van der Waals surface area contributed by atoms with E-state index in [1.807, 2.05) is 40.7 Å². The molecule has 1 atom stereocenters. The summed E-state index contributed by atoms with van der Waals surface area (Å²) < 4.78 is 11.3. The molecule has 0 spiro atoms. The molecular weight excluding hydrogens is 268 g/mol. The van der Waals surface area contributed by atoms with Gasteiger partial charge in [0, 0.05) is 24.7 Å². The molecule has 5 heteroatoms. The van der Waals surface area contributed by atoms with Gasteiger partial charge in [0.1, 0.15) is 11.7 Å². The number of hydrogen-bond donors (Lipinski definition) is 0. The normalized spacial score (nSPS) is 18.7. The number of aromatic nitrogens is 1. The summed E-state index contributed by atoms with van der Waals surface area (Å²) in [7, 11) is 0. The number of ether oxygens (including phenoxy) is 2. The molecule has 116 valence electrons. The number of carbonyl (C=O) groups excluding carboxylic acids is 1. The van der Waals surface area contributed by atoms with Gasteiger partial charge in [0.15, 0.2) is 0 Å². The van der Waals surface area contributed by atoms with E-state index in [2.05, 4.69) is 4.98 Å². The van der Waals surface area contributed by atoms with Crippen LogP contribution in [0.25, 0.3) is 0 Å². The predicted octanol–water partition coefficient (Wildman–Crippen LogP) is 3.09. The Morgan fingerprint density at radius 2 is 2.10 bits per heavy atom. The third-order valence-electron chi connectivity index (χ3n) is 3.24. The Labute approximate surface area is 126 Å². The molecule has 21 heavy (non-hydrogen) atoms. The smallest absolute Gasteiger partial charge is 0.410 e. The molecule has 1 aromatic rings. The lowest BCUT2D eigenvalue weighted by Crippen LogP contribution is -2.36. The molecule has 1 amide bonds. The van der Waals surface area contributed by atoms with Crippen molar-refractivity contribution >= 4 is 6.09 Å². The van der Waals surface area contributed by atoms with Crippen molar-refractivity contribution in [2.75, 3.05) is 13.1 Å². The highest BCUT2D eigenvalue weighted by Crippen LogP contribution is 2.21. The Hall–Kier alpha value is -1.78. The zero-order valence-corrected chi connectivity index (χ0v) is 13.5. The van der Waals surface area contributed by atoms with Gasteiger partial charge in [-0.25, -0.2) is 9.78 Å². The molecule has 5 nitrogen and oxygen atoms in total. The van der Waals surface area contributed by atoms with Crippen molar-refractivity contribution in [2.45, 2.75) is 52.7 Å². The minimum absolute atomic E-state index is 0.0218. The van der Waals surface area contributed by atoms with E-state index in [-0.39, 0.29) is 12.2 Å². The SMILES string of the molecule is Cc1cnc(OC2CCN(C(=O)OC(C)(C)C)C2)c(C)c1. The first-order chi connectivity index (χ1) is 9.74. The van der Waals surface area contributed by atoms with E-state index in [0.717, 1.165) is 17.5 Å². The third-order valence-corrected chi connectivity index (χ3v) is 3.24. The Morgan fingerprint density at radius 3 is 2.71 bits per heavy atom. The molecule has 1 fully saturated rings. The van der Waals surface area contributed by atoms with Crippen molar-refractivity contribution in [3.8, 4) is 5.88 Å². The molecule has 1 aliphatic heterocycles. The van der Waals surface area contributed by atoms with Crippen molar-refractivity contribution in [3.05, 3.63) is 23.4 Å². The monoisotopic (exact) mass is 292 g/mol. The van der Waals surface area contributed by atoms with Gasteiger partial charge >= 0.3 is 6.09 Å². The Kier molecular flexibility index (Phi) is 4.40. The summed E-state index contributed by atoms with van der Waals surface area (Å²) in [5.41, 5.74) is 1.66. The lowest BCUT2D eigenvalue weighted by molar-refractivity contribution is 0.0275. The summed E-state index contributed by atoms with van der Waals surface area (Å²) in [6.45, 7) is 10.8. The molecule has 2 rings (SSSR count). The van der Waals surface area contributed by atoms with E-state index in [1.165, 1.54) is 0 Å². The van der Waals surface area contributed by atoms with Crippen LogP contribution < -0.4 is 4.74 Å². The average molecular weight is 292 g/mol. The van der Waals surface area contributed by atoms with Crippen LogP contribution in [0, 0.1) is 13.8 Å². The van der Waals surface area contributed by atoms with Crippen molar-refractivity contribution < 1.29 is 14.3 Å². The van der Waals surface area contributed by atoms with Gasteiger partial charge in [-0.05, 0) is 46.2 Å². The van der Waals surface area contributed by atoms with Gasteiger partial charge in [-0.1, -0.05) is 0 Å². The standard InChI is InChI=1S/C16H24N2O3/c1-11-8-12(2)14(17-9-11)20-13-6-7-18(10-13)15(19)21-16(3,4)5/h8-9,13H,6-7,10H2,1-5H3. The maximum absolute atomic E-state index is 12.0. The molecule has 0 radical (unpaired) electrons. The second kappa shape index (κ2) is 5.92. The predicted molar refractivity (Wildman–Crippen MR) is 80.6 cm³/mol. The molecule has 2 heterocycles. The van der Waals surface area contributed by atoms with Crippen LogP contribution in [0.2, 0.25) is 0 Å². The zero-order chi connectivity index (χ0) is 15.6. The highest BCUT2D eigenvalue weighted by Gasteiger charge is 2.31. The van der Waals surface area contributed by atoms with E-state index in [4.69, 9.17) is 9.47 Å². The minimum atomic E-state index is -0.467. The summed E-state index contributed by atoms with van der Waals surface area (Å²) >= 11 is 0. The molecule has 0 aliphatic carbocycles. The quantitative estimate of drug-likeness (QED) is 0.840. The number of likely N-dealkylation sites (tertiary alicyclic amines) is 1. The maximum atomic E-state index is 12.0. The van der Waals surface area contributed by atoms with Crippen molar-refractivity contribution in [2.24, 2.45) is 0 Å². The average Bonchev–Trinajstić information content (AvgIpc) is 2.79. The number of nitrogens with zero attached hydrogens (tertiary/aromatic N) is 2. The van der Waals surface area contributed by atoms with Crippen molar-refractivity contribution in [3.63, 3.8) is 0 Å². The lowest BCUT2D eigenvalue weighted by Gasteiger charge is -2.24. The zero-order valence-electron chi connectivity index (χ0n) is 13.5. The van der Waals surface area contributed by atoms with Gasteiger partial charge in [-0.15, -0.1) is 0 Å². The molecule has 0 N–H and O–H groups in total. The largest absolute Gasteiger partial charge is 0.472 e. The van der Waals surface area contributed by atoms with Gasteiger partial charge in [-0.3, -0.25) is 0 Å². The van der Waals surface area contributed by atoms with Gasteiger partial charge in [0.2, 0.25) is 5.88 Å². The van der Waals surface area contributed by atoms with E-state index in [1.54, 1.807) is 11.1 Å². The first-order valence-electron chi connectivity index (χ1n) is 7.32. The van der Waals surface area contributed by atoms with Crippen LogP contribution in [0.5, 0.6) is 5.88 Å². The second-order valence-electron chi connectivity index (χ2n) is 6.59. The fraction of sp³-hybridized carbons (Fsp3) is 0.625. The second-order valence-corrected chi connectivity index (χ2v) is 6.59. The van der Waals surface area contributed by atoms with Gasteiger partial charge in [-0.2, -0.15) is 0 Å². The summed E-state index contributed by atoms with van der Waals surface area (Å²) in [6, 6.07) is 2.04. The minimum Gasteiger partial charge on any atom is -0.472 e. The van der Waals surface area contributed by atoms with Crippen LogP contribution in [-0.2, 0) is 4.74 Å². The third kappa shape index (κ3) is 4.34. The fourth-order valence-corrected chi connectivity index (χ4v) is 2.30. The number of pyridine rings is 1. The molecule has 1 saturated heterocycles. The molecule has 0 bridgehead atoms.